The zero-order valence-electron chi connectivity index (χ0n) is 11.7. The van der Waals surface area contributed by atoms with Gasteiger partial charge in [0.15, 0.2) is 0 Å². The SMILES string of the molecule is CCNCc1ccc(CN2CCC(C)CC2)nc1. The number of hydrogen-bond acceptors (Lipinski definition) is 3. The first-order valence-corrected chi connectivity index (χ1v) is 7.15. The van der Waals surface area contributed by atoms with Gasteiger partial charge in [-0.05, 0) is 50.0 Å². The summed E-state index contributed by atoms with van der Waals surface area (Å²) in [6.07, 6.45) is 4.67. The molecule has 1 aromatic heterocycles. The van der Waals surface area contributed by atoms with Gasteiger partial charge in [-0.25, -0.2) is 0 Å². The molecule has 0 unspecified atom stereocenters. The van der Waals surface area contributed by atoms with Crippen molar-refractivity contribution in [2.75, 3.05) is 19.6 Å². The van der Waals surface area contributed by atoms with Crippen molar-refractivity contribution in [3.05, 3.63) is 29.6 Å². The number of rotatable bonds is 5. The first-order chi connectivity index (χ1) is 8.78. The van der Waals surface area contributed by atoms with Gasteiger partial charge in [0.1, 0.15) is 0 Å². The molecule has 2 heterocycles. The lowest BCUT2D eigenvalue weighted by atomic mass is 9.99. The van der Waals surface area contributed by atoms with Gasteiger partial charge in [0.2, 0.25) is 0 Å². The van der Waals surface area contributed by atoms with E-state index in [1.807, 2.05) is 6.20 Å². The smallest absolute Gasteiger partial charge is 0.0544 e. The van der Waals surface area contributed by atoms with Crippen LogP contribution in [-0.2, 0) is 13.1 Å². The lowest BCUT2D eigenvalue weighted by molar-refractivity contribution is 0.183. The average Bonchev–Trinajstić information content (AvgIpc) is 2.41. The van der Waals surface area contributed by atoms with Gasteiger partial charge in [0.05, 0.1) is 5.69 Å². The van der Waals surface area contributed by atoms with E-state index < -0.39 is 0 Å². The molecule has 2 rings (SSSR count). The summed E-state index contributed by atoms with van der Waals surface area (Å²) in [5.74, 6) is 0.900. The molecule has 0 atom stereocenters. The fraction of sp³-hybridized carbons (Fsp3) is 0.667. The van der Waals surface area contributed by atoms with Gasteiger partial charge in [0, 0.05) is 19.3 Å². The molecular weight excluding hydrogens is 222 g/mol. The predicted molar refractivity (Wildman–Crippen MR) is 75.3 cm³/mol. The van der Waals surface area contributed by atoms with Crippen LogP contribution in [0.4, 0.5) is 0 Å². The zero-order chi connectivity index (χ0) is 12.8. The monoisotopic (exact) mass is 247 g/mol. The third kappa shape index (κ3) is 4.07. The molecule has 18 heavy (non-hydrogen) atoms. The van der Waals surface area contributed by atoms with E-state index in [-0.39, 0.29) is 0 Å². The van der Waals surface area contributed by atoms with Crippen molar-refractivity contribution in [3.8, 4) is 0 Å². The van der Waals surface area contributed by atoms with E-state index in [4.69, 9.17) is 0 Å². The second kappa shape index (κ2) is 6.86. The molecule has 1 saturated heterocycles. The maximum atomic E-state index is 4.56. The Hall–Kier alpha value is -0.930. The van der Waals surface area contributed by atoms with Crippen molar-refractivity contribution < 1.29 is 0 Å². The minimum atomic E-state index is 0.900. The Bertz CT molecular complexity index is 339. The van der Waals surface area contributed by atoms with Gasteiger partial charge in [-0.3, -0.25) is 9.88 Å². The number of nitrogens with zero attached hydrogens (tertiary/aromatic N) is 2. The van der Waals surface area contributed by atoms with Crippen LogP contribution in [-0.4, -0.2) is 29.5 Å². The minimum absolute atomic E-state index is 0.900. The molecule has 0 amide bonds. The normalized spacial score (nSPS) is 18.1. The van der Waals surface area contributed by atoms with Gasteiger partial charge in [-0.1, -0.05) is 19.9 Å². The molecule has 0 radical (unpaired) electrons. The van der Waals surface area contributed by atoms with Crippen molar-refractivity contribution in [1.82, 2.24) is 15.2 Å². The van der Waals surface area contributed by atoms with Crippen LogP contribution in [0.1, 0.15) is 37.9 Å². The van der Waals surface area contributed by atoms with Gasteiger partial charge < -0.3 is 5.32 Å². The second-order valence-electron chi connectivity index (χ2n) is 5.40. The molecule has 1 fully saturated rings. The maximum Gasteiger partial charge on any atom is 0.0544 e. The Balaban J connectivity index is 1.82. The molecule has 0 aromatic carbocycles. The van der Waals surface area contributed by atoms with Crippen LogP contribution in [0.5, 0.6) is 0 Å². The Morgan fingerprint density at radius 3 is 2.72 bits per heavy atom. The van der Waals surface area contributed by atoms with E-state index in [2.05, 4.69) is 41.2 Å². The largest absolute Gasteiger partial charge is 0.313 e. The van der Waals surface area contributed by atoms with Crippen molar-refractivity contribution in [2.45, 2.75) is 39.8 Å². The first-order valence-electron chi connectivity index (χ1n) is 7.15. The number of likely N-dealkylation sites (tertiary alicyclic amines) is 1. The van der Waals surface area contributed by atoms with Crippen molar-refractivity contribution in [3.63, 3.8) is 0 Å². The van der Waals surface area contributed by atoms with Gasteiger partial charge in [0.25, 0.3) is 0 Å². The standard InChI is InChI=1S/C15H25N3/c1-3-16-10-14-4-5-15(17-11-14)12-18-8-6-13(2)7-9-18/h4-5,11,13,16H,3,6-10,12H2,1-2H3. The Morgan fingerprint density at radius 2 is 2.11 bits per heavy atom. The fourth-order valence-corrected chi connectivity index (χ4v) is 2.37. The molecule has 0 spiro atoms. The van der Waals surface area contributed by atoms with Crippen LogP contribution in [0.15, 0.2) is 18.3 Å². The van der Waals surface area contributed by atoms with Gasteiger partial charge >= 0.3 is 0 Å². The second-order valence-corrected chi connectivity index (χ2v) is 5.40. The minimum Gasteiger partial charge on any atom is -0.313 e. The number of hydrogen-bond donors (Lipinski definition) is 1. The topological polar surface area (TPSA) is 28.2 Å². The Labute approximate surface area is 111 Å². The van der Waals surface area contributed by atoms with Crippen molar-refractivity contribution >= 4 is 0 Å². The Morgan fingerprint density at radius 1 is 1.33 bits per heavy atom. The van der Waals surface area contributed by atoms with E-state index in [1.54, 1.807) is 0 Å². The highest BCUT2D eigenvalue weighted by atomic mass is 15.1. The fourth-order valence-electron chi connectivity index (χ4n) is 2.37. The molecule has 3 nitrogen and oxygen atoms in total. The molecular formula is C15H25N3. The molecule has 1 aliphatic rings. The third-order valence-electron chi connectivity index (χ3n) is 3.73. The summed E-state index contributed by atoms with van der Waals surface area (Å²) in [7, 11) is 0. The highest BCUT2D eigenvalue weighted by Gasteiger charge is 2.15. The van der Waals surface area contributed by atoms with Gasteiger partial charge in [-0.15, -0.1) is 0 Å². The zero-order valence-corrected chi connectivity index (χ0v) is 11.7. The highest BCUT2D eigenvalue weighted by Crippen LogP contribution is 2.17. The lowest BCUT2D eigenvalue weighted by Gasteiger charge is -2.29. The van der Waals surface area contributed by atoms with E-state index >= 15 is 0 Å². The van der Waals surface area contributed by atoms with Crippen LogP contribution in [0.3, 0.4) is 0 Å². The molecule has 3 heteroatoms. The maximum absolute atomic E-state index is 4.56. The van der Waals surface area contributed by atoms with E-state index in [1.165, 1.54) is 37.2 Å². The Kier molecular flexibility index (Phi) is 5.14. The molecule has 1 aromatic rings. The van der Waals surface area contributed by atoms with Crippen LogP contribution < -0.4 is 5.32 Å². The lowest BCUT2D eigenvalue weighted by Crippen LogP contribution is -2.32. The summed E-state index contributed by atoms with van der Waals surface area (Å²) < 4.78 is 0. The van der Waals surface area contributed by atoms with Crippen LogP contribution in [0.2, 0.25) is 0 Å². The molecule has 100 valence electrons. The highest BCUT2D eigenvalue weighted by molar-refractivity contribution is 5.14. The summed E-state index contributed by atoms with van der Waals surface area (Å²) >= 11 is 0. The summed E-state index contributed by atoms with van der Waals surface area (Å²) in [4.78, 5) is 7.08. The first kappa shape index (κ1) is 13.5. The molecule has 0 aliphatic carbocycles. The molecule has 0 saturated carbocycles. The van der Waals surface area contributed by atoms with Crippen molar-refractivity contribution in [2.24, 2.45) is 5.92 Å². The quantitative estimate of drug-likeness (QED) is 0.866. The third-order valence-corrected chi connectivity index (χ3v) is 3.73. The number of pyridine rings is 1. The van der Waals surface area contributed by atoms with Gasteiger partial charge in [-0.2, -0.15) is 0 Å². The van der Waals surface area contributed by atoms with Crippen molar-refractivity contribution in [1.29, 1.82) is 0 Å². The van der Waals surface area contributed by atoms with E-state index in [0.29, 0.717) is 0 Å². The van der Waals surface area contributed by atoms with E-state index in [9.17, 15) is 0 Å². The average molecular weight is 247 g/mol. The summed E-state index contributed by atoms with van der Waals surface area (Å²) in [5, 5.41) is 3.32. The van der Waals surface area contributed by atoms with Crippen LogP contribution >= 0.6 is 0 Å². The summed E-state index contributed by atoms with van der Waals surface area (Å²) in [5.41, 5.74) is 2.47. The van der Waals surface area contributed by atoms with E-state index in [0.717, 1.165) is 25.6 Å². The molecule has 1 N–H and O–H groups in total. The van der Waals surface area contributed by atoms with Crippen LogP contribution in [0, 0.1) is 5.92 Å². The number of nitrogens with one attached hydrogen (secondary N) is 1. The molecule has 0 bridgehead atoms. The summed E-state index contributed by atoms with van der Waals surface area (Å²) in [6, 6.07) is 4.36. The number of aromatic nitrogens is 1. The molecule has 1 aliphatic heterocycles. The van der Waals surface area contributed by atoms with Crippen LogP contribution in [0.25, 0.3) is 0 Å². The summed E-state index contributed by atoms with van der Waals surface area (Å²) in [6.45, 7) is 9.86. The number of piperidine rings is 1. The predicted octanol–water partition coefficient (Wildman–Crippen LogP) is 2.42.